The predicted octanol–water partition coefficient (Wildman–Crippen LogP) is 6.57. The smallest absolute Gasteiger partial charge is 0.324 e. The van der Waals surface area contributed by atoms with E-state index in [2.05, 4.69) is 84.3 Å². The minimum Gasteiger partial charge on any atom is -0.464 e. The number of rotatable bonds is 9. The number of likely N-dealkylation sites (tertiary alicyclic amines) is 2. The Kier molecular flexibility index (Phi) is 15.1. The zero-order valence-electron chi connectivity index (χ0n) is 44.2. The van der Waals surface area contributed by atoms with E-state index in [-0.39, 0.29) is 49.3 Å². The van der Waals surface area contributed by atoms with Crippen LogP contribution in [0.3, 0.4) is 0 Å². The molecule has 2 aromatic heterocycles. The predicted molar refractivity (Wildman–Crippen MR) is 278 cm³/mol. The highest BCUT2D eigenvalue weighted by Crippen LogP contribution is 2.44. The average molecular weight is 983 g/mol. The summed E-state index contributed by atoms with van der Waals surface area (Å²) in [7, 11) is 5.52. The Morgan fingerprint density at radius 2 is 1.76 bits per heavy atom. The normalized spacial score (nSPS) is 22.5. The van der Waals surface area contributed by atoms with Crippen LogP contribution in [0.2, 0.25) is 0 Å². The van der Waals surface area contributed by atoms with E-state index in [1.165, 1.54) is 5.01 Å². The van der Waals surface area contributed by atoms with Gasteiger partial charge >= 0.3 is 5.97 Å². The molecule has 2 aromatic carbocycles. The molecule has 1 spiro atoms. The first-order valence-electron chi connectivity index (χ1n) is 25.7. The number of cyclic esters (lactones) is 1. The van der Waals surface area contributed by atoms with Crippen LogP contribution < -0.4 is 10.7 Å². The van der Waals surface area contributed by atoms with E-state index < -0.39 is 46.4 Å². The van der Waals surface area contributed by atoms with Crippen molar-refractivity contribution in [3.63, 3.8) is 0 Å². The Bertz CT molecular complexity index is 2800. The lowest BCUT2D eigenvalue weighted by atomic mass is 9.84. The number of hydrogen-bond acceptors (Lipinski definition) is 10. The molecule has 6 bridgehead atoms. The number of ether oxygens (including phenoxy) is 2. The van der Waals surface area contributed by atoms with Crippen molar-refractivity contribution in [1.82, 2.24) is 40.0 Å². The van der Waals surface area contributed by atoms with Gasteiger partial charge in [-0.2, -0.15) is 0 Å². The third-order valence-electron chi connectivity index (χ3n) is 15.6. The monoisotopic (exact) mass is 983 g/mol. The molecule has 5 atom stereocenters. The molecule has 72 heavy (non-hydrogen) atoms. The number of hydrazine groups is 1. The Morgan fingerprint density at radius 3 is 2.49 bits per heavy atom. The van der Waals surface area contributed by atoms with Crippen LogP contribution in [0.15, 0.2) is 60.8 Å². The summed E-state index contributed by atoms with van der Waals surface area (Å²) in [6.45, 7) is 18.2. The third-order valence-corrected chi connectivity index (χ3v) is 15.6. The summed E-state index contributed by atoms with van der Waals surface area (Å²) >= 11 is 0. The van der Waals surface area contributed by atoms with E-state index in [1.54, 1.807) is 23.1 Å². The van der Waals surface area contributed by atoms with E-state index in [0.29, 0.717) is 58.3 Å². The quantitative estimate of drug-likeness (QED) is 0.139. The molecule has 6 heterocycles. The molecular weight excluding hydrogens is 909 g/mol. The standard InChI is InChI=1S/C57H74N8O7/c1-12-63-46-21-20-40-32-42(46)43(50(63)41-18-14-26-58-48(41)37(4)71-11)33-55(5,6)35-72-53(69)44-19-15-27-65(60-44)52(68)45(31-38-16-13-17-39(40)30-38)59-51(67)49(36(2)3)64-29-25-57(54(64)70)24-28-62(34-57)47(66)22-23-56(7,8)61(9)10/h13-14,16-18,20-21,26,30,32,36-37,44-45,49,60H,12,15,19,24-25,27-29,31,33-35H2,1-11H3,(H,59,67)/t37-,44-,45?,49-,57-/m0/s1. The molecule has 1 unspecified atom stereocenters. The molecule has 4 amide bonds. The highest BCUT2D eigenvalue weighted by Gasteiger charge is 2.54. The van der Waals surface area contributed by atoms with Crippen LogP contribution in [0.1, 0.15) is 104 Å². The van der Waals surface area contributed by atoms with Crippen LogP contribution in [0, 0.1) is 28.6 Å². The first-order valence-corrected chi connectivity index (χ1v) is 25.7. The average Bonchev–Trinajstić information content (AvgIpc) is 4.03. The molecular formula is C57H74N8O7. The number of nitrogens with one attached hydrogen (secondary N) is 2. The zero-order chi connectivity index (χ0) is 51.9. The number of amides is 4. The number of aromatic nitrogens is 2. The molecule has 15 nitrogen and oxygen atoms in total. The van der Waals surface area contributed by atoms with E-state index in [9.17, 15) is 24.0 Å². The van der Waals surface area contributed by atoms with Crippen molar-refractivity contribution in [1.29, 1.82) is 0 Å². The Hall–Kier alpha value is -6.08. The molecule has 8 rings (SSSR count). The molecule has 0 radical (unpaired) electrons. The third kappa shape index (κ3) is 10.4. The topological polar surface area (TPSA) is 159 Å². The summed E-state index contributed by atoms with van der Waals surface area (Å²) in [6.07, 6.45) is 4.28. The lowest BCUT2D eigenvalue weighted by Gasteiger charge is -2.37. The number of pyridine rings is 1. The number of fused-ring (bicyclic) bond motifs is 6. The van der Waals surface area contributed by atoms with Gasteiger partial charge in [-0.1, -0.05) is 63.9 Å². The van der Waals surface area contributed by atoms with Gasteiger partial charge in [0.05, 0.1) is 35.1 Å². The van der Waals surface area contributed by atoms with Crippen LogP contribution in [0.5, 0.6) is 0 Å². The lowest BCUT2D eigenvalue weighted by molar-refractivity contribution is -0.155. The minimum absolute atomic E-state index is 0.135. The maximum Gasteiger partial charge on any atom is 0.324 e. The Morgan fingerprint density at radius 1 is 1.01 bits per heavy atom. The molecule has 2 N–H and O–H groups in total. The van der Waals surface area contributed by atoms with Crippen LogP contribution in [-0.2, 0) is 52.8 Å². The maximum absolute atomic E-state index is 14.9. The summed E-state index contributed by atoms with van der Waals surface area (Å²) in [5, 5.41) is 5.66. The van der Waals surface area contributed by atoms with Crippen molar-refractivity contribution in [3.05, 3.63) is 77.6 Å². The van der Waals surface area contributed by atoms with Crippen molar-refractivity contribution >= 4 is 40.5 Å². The number of carbonyl (C=O) groups excluding carboxylic acids is 5. The van der Waals surface area contributed by atoms with Crippen LogP contribution >= 0.6 is 0 Å². The van der Waals surface area contributed by atoms with Crippen molar-refractivity contribution in [2.45, 2.75) is 130 Å². The van der Waals surface area contributed by atoms with Crippen molar-refractivity contribution in [2.75, 3.05) is 54.0 Å². The molecule has 384 valence electrons. The number of carbonyl (C=O) groups is 5. The second kappa shape index (κ2) is 20.8. The second-order valence-electron chi connectivity index (χ2n) is 22.2. The zero-order valence-corrected chi connectivity index (χ0v) is 44.2. The molecule has 0 aliphatic carbocycles. The summed E-state index contributed by atoms with van der Waals surface area (Å²) in [5.41, 5.74) is 9.19. The van der Waals surface area contributed by atoms with E-state index in [4.69, 9.17) is 14.5 Å². The maximum atomic E-state index is 14.9. The van der Waals surface area contributed by atoms with Gasteiger partial charge in [0.15, 0.2) is 0 Å². The van der Waals surface area contributed by atoms with Crippen LogP contribution in [0.4, 0.5) is 0 Å². The SMILES string of the molecule is CCn1c(-c2cccnc2[C@H](C)OC)c2c3cc(ccc31)-c1cccc(c1)CC(NC(=O)[C@H](C(C)C)N1CC[C@]3(CCN(C(=O)C#CC(C)(C)N(C)C)C3)C1=O)C(=O)N1CCC[C@H](N1)C(=O)OCC(C)(C)C2. The first-order chi connectivity index (χ1) is 34.2. The minimum atomic E-state index is -1.05. The van der Waals surface area contributed by atoms with Gasteiger partial charge in [0.2, 0.25) is 11.8 Å². The van der Waals surface area contributed by atoms with Gasteiger partial charge in [0, 0.05) is 74.3 Å². The number of hydrogen-bond donors (Lipinski definition) is 2. The van der Waals surface area contributed by atoms with Crippen LogP contribution in [-0.4, -0.2) is 137 Å². The van der Waals surface area contributed by atoms with Crippen LogP contribution in [0.25, 0.3) is 33.3 Å². The van der Waals surface area contributed by atoms with Gasteiger partial charge in [0.25, 0.3) is 11.8 Å². The fraction of sp³-hybridized carbons (Fsp3) is 0.544. The van der Waals surface area contributed by atoms with E-state index in [0.717, 1.165) is 50.1 Å². The number of aryl methyl sites for hydroxylation is 1. The van der Waals surface area contributed by atoms with Gasteiger partial charge in [-0.05, 0) is 132 Å². The fourth-order valence-electron chi connectivity index (χ4n) is 11.0. The fourth-order valence-corrected chi connectivity index (χ4v) is 11.0. The van der Waals surface area contributed by atoms with Crippen molar-refractivity contribution in [2.24, 2.45) is 16.7 Å². The molecule has 15 heteroatoms. The number of methoxy groups -OCH3 is 1. The summed E-state index contributed by atoms with van der Waals surface area (Å²) in [6, 6.07) is 16.0. The summed E-state index contributed by atoms with van der Waals surface area (Å²) in [5.74, 6) is 3.84. The molecule has 4 aromatic rings. The van der Waals surface area contributed by atoms with Gasteiger partial charge in [-0.25, -0.2) is 5.43 Å². The van der Waals surface area contributed by atoms with Crippen molar-refractivity contribution < 1.29 is 33.4 Å². The Balaban J connectivity index is 1.13. The summed E-state index contributed by atoms with van der Waals surface area (Å²) < 4.78 is 14.3. The summed E-state index contributed by atoms with van der Waals surface area (Å²) in [4.78, 5) is 81.7. The number of nitrogens with zero attached hydrogens (tertiary/aromatic N) is 6. The molecule has 3 fully saturated rings. The Labute approximate surface area is 425 Å². The van der Waals surface area contributed by atoms with Gasteiger partial charge < -0.3 is 29.2 Å². The van der Waals surface area contributed by atoms with Gasteiger partial charge in [-0.3, -0.25) is 38.9 Å². The molecule has 4 aliphatic rings. The number of benzene rings is 2. The number of esters is 1. The van der Waals surface area contributed by atoms with Crippen molar-refractivity contribution in [3.8, 4) is 34.2 Å². The molecule has 3 saturated heterocycles. The lowest BCUT2D eigenvalue weighted by Crippen LogP contribution is -2.62. The second-order valence-corrected chi connectivity index (χ2v) is 22.2. The van der Waals surface area contributed by atoms with E-state index in [1.807, 2.05) is 71.8 Å². The first kappa shape index (κ1) is 52.2. The highest BCUT2D eigenvalue weighted by molar-refractivity contribution is 5.98. The van der Waals surface area contributed by atoms with E-state index >= 15 is 0 Å². The molecule has 4 aliphatic heterocycles. The van der Waals surface area contributed by atoms with Gasteiger partial charge in [0.1, 0.15) is 18.1 Å². The largest absolute Gasteiger partial charge is 0.464 e. The molecule has 0 saturated carbocycles. The van der Waals surface area contributed by atoms with Gasteiger partial charge in [-0.15, -0.1) is 0 Å². The highest BCUT2D eigenvalue weighted by atomic mass is 16.5.